The molecule has 2 rings (SSSR count). The lowest BCUT2D eigenvalue weighted by Crippen LogP contribution is -2.30. The van der Waals surface area contributed by atoms with Crippen molar-refractivity contribution in [1.29, 1.82) is 0 Å². The smallest absolute Gasteiger partial charge is 0.276 e. The second-order valence-corrected chi connectivity index (χ2v) is 6.56. The highest BCUT2D eigenvalue weighted by Gasteiger charge is 2.14. The molecule has 3 N–H and O–H groups in total. The monoisotopic (exact) mass is 444 g/mol. The van der Waals surface area contributed by atoms with Gasteiger partial charge in [-0.15, -0.1) is 0 Å². The molecule has 128 valence electrons. The van der Waals surface area contributed by atoms with Crippen molar-refractivity contribution in [3.05, 3.63) is 56.9 Å². The molecule has 24 heavy (non-hydrogen) atoms. The molecule has 0 fully saturated rings. The number of rotatable bonds is 6. The van der Waals surface area contributed by atoms with E-state index in [1.165, 1.54) is 18.2 Å². The second-order valence-electron chi connectivity index (χ2n) is 5.32. The highest BCUT2D eigenvalue weighted by molar-refractivity contribution is 14.1. The fraction of sp³-hybridized carbons (Fsp3) is 0.235. The van der Waals surface area contributed by atoms with Crippen LogP contribution in [0.5, 0.6) is 0 Å². The van der Waals surface area contributed by atoms with Gasteiger partial charge in [-0.1, -0.05) is 0 Å². The largest absolute Gasteiger partial charge is 0.394 e. The van der Waals surface area contributed by atoms with Gasteiger partial charge in [0.25, 0.3) is 5.91 Å². The Morgan fingerprint density at radius 3 is 2.71 bits per heavy atom. The minimum absolute atomic E-state index is 0.226. The summed E-state index contributed by atoms with van der Waals surface area (Å²) in [7, 11) is 0. The number of benzene rings is 2. The molecule has 0 aromatic heterocycles. The van der Waals surface area contributed by atoms with Crippen molar-refractivity contribution in [2.45, 2.75) is 20.0 Å². The van der Waals surface area contributed by atoms with Crippen LogP contribution in [0.15, 0.2) is 36.4 Å². The van der Waals surface area contributed by atoms with Crippen LogP contribution in [0.4, 0.5) is 15.8 Å². The Morgan fingerprint density at radius 2 is 2.04 bits per heavy atom. The highest BCUT2D eigenvalue weighted by Crippen LogP contribution is 2.25. The number of nitrogens with one attached hydrogen (secondary N) is 2. The average Bonchev–Trinajstić information content (AvgIpc) is 2.55. The van der Waals surface area contributed by atoms with Gasteiger partial charge >= 0.3 is 0 Å². The number of amides is 1. The molecule has 0 heterocycles. The Balaban J connectivity index is 2.25. The van der Waals surface area contributed by atoms with Crippen molar-refractivity contribution >= 4 is 39.9 Å². The number of hydrogen-bond donors (Lipinski definition) is 3. The maximum absolute atomic E-state index is 13.6. The van der Waals surface area contributed by atoms with Crippen molar-refractivity contribution in [1.82, 2.24) is 5.48 Å². The van der Waals surface area contributed by atoms with E-state index < -0.39 is 17.8 Å². The molecule has 0 bridgehead atoms. The number of aliphatic hydroxyl groups is 1. The molecule has 5 nitrogen and oxygen atoms in total. The summed E-state index contributed by atoms with van der Waals surface area (Å²) in [6.45, 7) is 3.31. The fourth-order valence-electron chi connectivity index (χ4n) is 1.98. The molecular weight excluding hydrogens is 426 g/mol. The van der Waals surface area contributed by atoms with E-state index in [1.54, 1.807) is 6.92 Å². The minimum Gasteiger partial charge on any atom is -0.394 e. The minimum atomic E-state index is -0.538. The van der Waals surface area contributed by atoms with Crippen LogP contribution in [-0.2, 0) is 4.84 Å². The van der Waals surface area contributed by atoms with Crippen LogP contribution in [-0.4, -0.2) is 23.7 Å². The predicted octanol–water partition coefficient (Wildman–Crippen LogP) is 3.52. The van der Waals surface area contributed by atoms with Gasteiger partial charge in [-0.3, -0.25) is 9.63 Å². The van der Waals surface area contributed by atoms with Gasteiger partial charge < -0.3 is 10.4 Å². The number of aliphatic hydroxyl groups excluding tert-OH is 1. The van der Waals surface area contributed by atoms with E-state index in [0.717, 1.165) is 14.8 Å². The van der Waals surface area contributed by atoms with E-state index >= 15 is 0 Å². The maximum Gasteiger partial charge on any atom is 0.276 e. The van der Waals surface area contributed by atoms with Crippen LogP contribution in [0.3, 0.4) is 0 Å². The number of carbonyl (C=O) groups is 1. The van der Waals surface area contributed by atoms with Crippen molar-refractivity contribution in [3.8, 4) is 0 Å². The van der Waals surface area contributed by atoms with Crippen LogP contribution in [0.1, 0.15) is 22.8 Å². The predicted molar refractivity (Wildman–Crippen MR) is 98.7 cm³/mol. The molecule has 1 atom stereocenters. The van der Waals surface area contributed by atoms with Crippen LogP contribution in [0, 0.1) is 16.3 Å². The lowest BCUT2D eigenvalue weighted by molar-refractivity contribution is -0.0303. The zero-order valence-electron chi connectivity index (χ0n) is 13.3. The van der Waals surface area contributed by atoms with Crippen molar-refractivity contribution in [3.63, 3.8) is 0 Å². The molecule has 0 spiro atoms. The lowest BCUT2D eigenvalue weighted by Gasteiger charge is -2.15. The lowest BCUT2D eigenvalue weighted by atomic mass is 10.1. The standard InChI is InChI=1S/C17H18FIN2O3/c1-10-7-13(19)4-6-15(10)20-16-8-12(18)3-5-14(16)17(23)21-24-11(2)9-22/h3-8,11,20,22H,9H2,1-2H3,(H,21,23). The van der Waals surface area contributed by atoms with E-state index in [-0.39, 0.29) is 12.2 Å². The molecule has 1 unspecified atom stereocenters. The van der Waals surface area contributed by atoms with Crippen LogP contribution < -0.4 is 10.8 Å². The second kappa shape index (κ2) is 8.41. The van der Waals surface area contributed by atoms with E-state index in [4.69, 9.17) is 9.94 Å². The number of anilines is 2. The molecule has 0 radical (unpaired) electrons. The molecule has 2 aromatic rings. The highest BCUT2D eigenvalue weighted by atomic mass is 127. The zero-order chi connectivity index (χ0) is 17.7. The van der Waals surface area contributed by atoms with E-state index in [1.807, 2.05) is 25.1 Å². The molecule has 0 aliphatic carbocycles. The molecule has 0 saturated heterocycles. The van der Waals surface area contributed by atoms with Gasteiger partial charge in [0, 0.05) is 9.26 Å². The Labute approximate surface area is 153 Å². The molecule has 0 saturated carbocycles. The SMILES string of the molecule is Cc1cc(I)ccc1Nc1cc(F)ccc1C(=O)NOC(C)CO. The zero-order valence-corrected chi connectivity index (χ0v) is 15.4. The van der Waals surface area contributed by atoms with Gasteiger partial charge in [0.1, 0.15) is 11.9 Å². The van der Waals surface area contributed by atoms with Crippen molar-refractivity contribution < 1.29 is 19.1 Å². The number of carbonyl (C=O) groups excluding carboxylic acids is 1. The summed E-state index contributed by atoms with van der Waals surface area (Å²) in [5, 5.41) is 12.0. The molecule has 1 amide bonds. The van der Waals surface area contributed by atoms with Gasteiger partial charge in [0.15, 0.2) is 0 Å². The van der Waals surface area contributed by atoms with Gasteiger partial charge in [-0.05, 0) is 78.4 Å². The number of hydroxylamine groups is 1. The molecule has 7 heteroatoms. The maximum atomic E-state index is 13.6. The Bertz CT molecular complexity index is 740. The van der Waals surface area contributed by atoms with Crippen LogP contribution in [0.25, 0.3) is 0 Å². The Kier molecular flexibility index (Phi) is 6.52. The quantitative estimate of drug-likeness (QED) is 0.471. The topological polar surface area (TPSA) is 70.6 Å². The summed E-state index contributed by atoms with van der Waals surface area (Å²) in [6.07, 6.45) is -0.538. The third-order valence-corrected chi connectivity index (χ3v) is 3.96. The van der Waals surface area contributed by atoms with Gasteiger partial charge in [0.05, 0.1) is 17.9 Å². The third-order valence-electron chi connectivity index (χ3n) is 3.29. The van der Waals surface area contributed by atoms with E-state index in [2.05, 4.69) is 33.4 Å². The summed E-state index contributed by atoms with van der Waals surface area (Å²) in [5.74, 6) is -0.983. The van der Waals surface area contributed by atoms with Crippen molar-refractivity contribution in [2.24, 2.45) is 0 Å². The summed E-state index contributed by atoms with van der Waals surface area (Å²) in [4.78, 5) is 17.3. The number of halogens is 2. The van der Waals surface area contributed by atoms with E-state index in [0.29, 0.717) is 5.69 Å². The normalized spacial score (nSPS) is 11.9. The summed E-state index contributed by atoms with van der Waals surface area (Å²) < 4.78 is 14.7. The summed E-state index contributed by atoms with van der Waals surface area (Å²) in [6, 6.07) is 9.60. The van der Waals surface area contributed by atoms with Crippen molar-refractivity contribution in [2.75, 3.05) is 11.9 Å². The van der Waals surface area contributed by atoms with Crippen LogP contribution >= 0.6 is 22.6 Å². The first-order valence-corrected chi connectivity index (χ1v) is 8.38. The fourth-order valence-corrected chi connectivity index (χ4v) is 2.62. The first-order chi connectivity index (χ1) is 11.4. The van der Waals surface area contributed by atoms with Gasteiger partial charge in [-0.2, -0.15) is 0 Å². The molecule has 2 aromatic carbocycles. The molecular formula is C17H18FIN2O3. The summed E-state index contributed by atoms with van der Waals surface area (Å²) in [5.41, 5.74) is 4.57. The summed E-state index contributed by atoms with van der Waals surface area (Å²) >= 11 is 2.21. The number of aryl methyl sites for hydroxylation is 1. The van der Waals surface area contributed by atoms with Gasteiger partial charge in [-0.25, -0.2) is 9.87 Å². The first kappa shape index (κ1) is 18.6. The number of hydrogen-bond acceptors (Lipinski definition) is 4. The van der Waals surface area contributed by atoms with Crippen LogP contribution in [0.2, 0.25) is 0 Å². The average molecular weight is 444 g/mol. The first-order valence-electron chi connectivity index (χ1n) is 7.30. The van der Waals surface area contributed by atoms with E-state index in [9.17, 15) is 9.18 Å². The molecule has 0 aliphatic heterocycles. The Morgan fingerprint density at radius 1 is 1.29 bits per heavy atom. The third kappa shape index (κ3) is 4.89. The Hall–Kier alpha value is -1.71. The molecule has 0 aliphatic rings. The van der Waals surface area contributed by atoms with Gasteiger partial charge in [0.2, 0.25) is 0 Å².